The molecule has 1 aliphatic rings. The Bertz CT molecular complexity index is 645. The molecule has 0 amide bonds. The lowest BCUT2D eigenvalue weighted by atomic mass is 10.2. The minimum Gasteiger partial charge on any atom is -0.496 e. The maximum atomic E-state index is 6.27. The van der Waals surface area contributed by atoms with E-state index in [4.69, 9.17) is 25.8 Å². The van der Waals surface area contributed by atoms with E-state index >= 15 is 0 Å². The first-order valence-corrected chi connectivity index (χ1v) is 7.10. The van der Waals surface area contributed by atoms with E-state index in [0.717, 1.165) is 17.0 Å². The topological polar surface area (TPSA) is 39.7 Å². The quantitative estimate of drug-likeness (QED) is 0.934. The lowest BCUT2D eigenvalue weighted by Crippen LogP contribution is -2.15. The Morgan fingerprint density at radius 1 is 1.14 bits per heavy atom. The number of nitrogens with one attached hydrogen (secondary N) is 1. The summed E-state index contributed by atoms with van der Waals surface area (Å²) >= 11 is 6.27. The molecule has 5 heteroatoms. The van der Waals surface area contributed by atoms with E-state index in [0.29, 0.717) is 36.3 Å². The molecule has 0 atom stereocenters. The highest BCUT2D eigenvalue weighted by Gasteiger charge is 2.15. The van der Waals surface area contributed by atoms with Crippen molar-refractivity contribution in [2.45, 2.75) is 6.54 Å². The highest BCUT2D eigenvalue weighted by Crippen LogP contribution is 2.38. The average Bonchev–Trinajstić information content (AvgIpc) is 2.53. The summed E-state index contributed by atoms with van der Waals surface area (Å²) < 4.78 is 16.4. The largest absolute Gasteiger partial charge is 0.496 e. The van der Waals surface area contributed by atoms with Crippen LogP contribution in [0.5, 0.6) is 17.2 Å². The van der Waals surface area contributed by atoms with Crippen molar-refractivity contribution in [3.63, 3.8) is 0 Å². The third-order valence-electron chi connectivity index (χ3n) is 3.29. The summed E-state index contributed by atoms with van der Waals surface area (Å²) in [5.41, 5.74) is 1.87. The number of rotatable bonds is 4. The highest BCUT2D eigenvalue weighted by atomic mass is 35.5. The summed E-state index contributed by atoms with van der Waals surface area (Å²) in [7, 11) is 1.66. The van der Waals surface area contributed by atoms with E-state index in [1.165, 1.54) is 0 Å². The lowest BCUT2D eigenvalue weighted by molar-refractivity contribution is 0.171. The number of para-hydroxylation sites is 1. The molecule has 3 rings (SSSR count). The van der Waals surface area contributed by atoms with Crippen molar-refractivity contribution in [1.82, 2.24) is 0 Å². The fourth-order valence-electron chi connectivity index (χ4n) is 2.24. The molecular weight excluding hydrogens is 290 g/mol. The average molecular weight is 306 g/mol. The van der Waals surface area contributed by atoms with Crippen molar-refractivity contribution < 1.29 is 14.2 Å². The zero-order valence-corrected chi connectivity index (χ0v) is 12.4. The first kappa shape index (κ1) is 13.9. The van der Waals surface area contributed by atoms with Crippen molar-refractivity contribution >= 4 is 17.3 Å². The molecule has 1 heterocycles. The van der Waals surface area contributed by atoms with Crippen LogP contribution in [0.4, 0.5) is 5.69 Å². The zero-order chi connectivity index (χ0) is 14.7. The van der Waals surface area contributed by atoms with Crippen molar-refractivity contribution in [2.75, 3.05) is 25.6 Å². The van der Waals surface area contributed by atoms with Crippen LogP contribution in [0.25, 0.3) is 0 Å². The van der Waals surface area contributed by atoms with Gasteiger partial charge in [0.2, 0.25) is 0 Å². The van der Waals surface area contributed by atoms with Gasteiger partial charge in [-0.1, -0.05) is 29.8 Å². The second-order valence-corrected chi connectivity index (χ2v) is 5.05. The Morgan fingerprint density at radius 2 is 1.86 bits per heavy atom. The Labute approximate surface area is 128 Å². The van der Waals surface area contributed by atoms with E-state index in [1.807, 2.05) is 30.3 Å². The predicted octanol–water partition coefficient (Wildman–Crippen LogP) is 3.73. The van der Waals surface area contributed by atoms with Gasteiger partial charge in [-0.05, 0) is 6.07 Å². The molecule has 21 heavy (non-hydrogen) atoms. The van der Waals surface area contributed by atoms with Gasteiger partial charge in [0.25, 0.3) is 0 Å². The van der Waals surface area contributed by atoms with E-state index in [1.54, 1.807) is 13.2 Å². The van der Waals surface area contributed by atoms with Crippen LogP contribution in [0.3, 0.4) is 0 Å². The standard InChI is InChI=1S/C16H16ClNO3/c1-19-14-5-3-2-4-11(14)10-18-13-9-16-15(8-12(13)17)20-6-7-21-16/h2-5,8-9,18H,6-7,10H2,1H3. The zero-order valence-electron chi connectivity index (χ0n) is 11.7. The summed E-state index contributed by atoms with van der Waals surface area (Å²) in [5, 5.41) is 3.91. The van der Waals surface area contributed by atoms with E-state index in [9.17, 15) is 0 Å². The second kappa shape index (κ2) is 6.14. The maximum Gasteiger partial charge on any atom is 0.163 e. The Kier molecular flexibility index (Phi) is 4.06. The van der Waals surface area contributed by atoms with Gasteiger partial charge in [0.15, 0.2) is 11.5 Å². The minimum atomic E-state index is 0.553. The number of benzene rings is 2. The van der Waals surface area contributed by atoms with Crippen molar-refractivity contribution in [3.05, 3.63) is 47.0 Å². The van der Waals surface area contributed by atoms with E-state index < -0.39 is 0 Å². The Hall–Kier alpha value is -2.07. The Balaban J connectivity index is 1.79. The van der Waals surface area contributed by atoms with Gasteiger partial charge >= 0.3 is 0 Å². The fraction of sp³-hybridized carbons (Fsp3) is 0.250. The third kappa shape index (κ3) is 3.00. The van der Waals surface area contributed by atoms with Gasteiger partial charge < -0.3 is 19.5 Å². The molecule has 1 aliphatic heterocycles. The van der Waals surface area contributed by atoms with Crippen LogP contribution in [0.15, 0.2) is 36.4 Å². The summed E-state index contributed by atoms with van der Waals surface area (Å²) in [6.07, 6.45) is 0. The van der Waals surface area contributed by atoms with Gasteiger partial charge in [-0.3, -0.25) is 0 Å². The number of fused-ring (bicyclic) bond motifs is 1. The van der Waals surface area contributed by atoms with Crippen LogP contribution in [0, 0.1) is 0 Å². The predicted molar refractivity (Wildman–Crippen MR) is 82.8 cm³/mol. The van der Waals surface area contributed by atoms with Gasteiger partial charge in [-0.2, -0.15) is 0 Å². The van der Waals surface area contributed by atoms with E-state index in [2.05, 4.69) is 5.32 Å². The molecule has 0 saturated heterocycles. The van der Waals surface area contributed by atoms with Crippen LogP contribution in [-0.2, 0) is 6.54 Å². The fourth-order valence-corrected chi connectivity index (χ4v) is 2.46. The summed E-state index contributed by atoms with van der Waals surface area (Å²) in [6, 6.07) is 11.5. The molecule has 2 aromatic rings. The van der Waals surface area contributed by atoms with Gasteiger partial charge in [-0.15, -0.1) is 0 Å². The minimum absolute atomic E-state index is 0.553. The molecular formula is C16H16ClNO3. The van der Waals surface area contributed by atoms with Gasteiger partial charge in [0, 0.05) is 24.2 Å². The van der Waals surface area contributed by atoms with Gasteiger partial charge in [0.05, 0.1) is 17.8 Å². The molecule has 4 nitrogen and oxygen atoms in total. The number of ether oxygens (including phenoxy) is 3. The second-order valence-electron chi connectivity index (χ2n) is 4.64. The SMILES string of the molecule is COc1ccccc1CNc1cc2c(cc1Cl)OCCO2. The summed E-state index contributed by atoms with van der Waals surface area (Å²) in [6.45, 7) is 1.72. The van der Waals surface area contributed by atoms with Crippen LogP contribution in [0.1, 0.15) is 5.56 Å². The number of anilines is 1. The highest BCUT2D eigenvalue weighted by molar-refractivity contribution is 6.33. The first-order valence-electron chi connectivity index (χ1n) is 6.73. The van der Waals surface area contributed by atoms with Crippen molar-refractivity contribution in [2.24, 2.45) is 0 Å². The molecule has 0 saturated carbocycles. The summed E-state index contributed by atoms with van der Waals surface area (Å²) in [5.74, 6) is 2.25. The smallest absolute Gasteiger partial charge is 0.163 e. The van der Waals surface area contributed by atoms with Crippen molar-refractivity contribution in [1.29, 1.82) is 0 Å². The van der Waals surface area contributed by atoms with Crippen molar-refractivity contribution in [3.8, 4) is 17.2 Å². The molecule has 0 aliphatic carbocycles. The van der Waals surface area contributed by atoms with Crippen LogP contribution in [-0.4, -0.2) is 20.3 Å². The maximum absolute atomic E-state index is 6.27. The van der Waals surface area contributed by atoms with Crippen LogP contribution < -0.4 is 19.5 Å². The third-order valence-corrected chi connectivity index (χ3v) is 3.61. The monoisotopic (exact) mass is 305 g/mol. The summed E-state index contributed by atoms with van der Waals surface area (Å²) in [4.78, 5) is 0. The van der Waals surface area contributed by atoms with Crippen LogP contribution in [0.2, 0.25) is 5.02 Å². The number of hydrogen-bond donors (Lipinski definition) is 1. The molecule has 0 radical (unpaired) electrons. The van der Waals surface area contributed by atoms with Crippen LogP contribution >= 0.6 is 11.6 Å². The molecule has 110 valence electrons. The Morgan fingerprint density at radius 3 is 2.62 bits per heavy atom. The van der Waals surface area contributed by atoms with Gasteiger partial charge in [0.1, 0.15) is 19.0 Å². The first-order chi connectivity index (χ1) is 10.3. The van der Waals surface area contributed by atoms with E-state index in [-0.39, 0.29) is 0 Å². The lowest BCUT2D eigenvalue weighted by Gasteiger charge is -2.20. The molecule has 0 aromatic heterocycles. The molecule has 0 bridgehead atoms. The number of halogens is 1. The van der Waals surface area contributed by atoms with Gasteiger partial charge in [-0.25, -0.2) is 0 Å². The molecule has 0 spiro atoms. The molecule has 0 unspecified atom stereocenters. The molecule has 2 aromatic carbocycles. The number of methoxy groups -OCH3 is 1. The molecule has 0 fully saturated rings. The number of hydrogen-bond acceptors (Lipinski definition) is 4. The molecule has 1 N–H and O–H groups in total. The normalized spacial score (nSPS) is 12.9.